The molecule has 1 aliphatic rings. The smallest absolute Gasteiger partial charge is 0.206 e. The molecule has 1 aliphatic heterocycles. The number of rotatable bonds is 2. The number of sulfone groups is 1. The van der Waals surface area contributed by atoms with Gasteiger partial charge in [0.15, 0.2) is 0 Å². The Labute approximate surface area is 147 Å². The molecule has 2 aromatic heterocycles. The first-order chi connectivity index (χ1) is 11.1. The second kappa shape index (κ2) is 6.20. The summed E-state index contributed by atoms with van der Waals surface area (Å²) >= 11 is 0. The van der Waals surface area contributed by atoms with Crippen LogP contribution in [0, 0.1) is 0 Å². The highest BCUT2D eigenvalue weighted by Gasteiger charge is 2.22. The van der Waals surface area contributed by atoms with Gasteiger partial charge >= 0.3 is 0 Å². The monoisotopic (exact) mass is 363 g/mol. The molecular formula is C17H18ClN3O2S. The normalized spacial score (nSPS) is 15.0. The lowest BCUT2D eigenvalue weighted by molar-refractivity contribution is 0.313. The van der Waals surface area contributed by atoms with E-state index in [-0.39, 0.29) is 17.3 Å². The lowest BCUT2D eigenvalue weighted by Gasteiger charge is -2.22. The number of hydrogen-bond donors (Lipinski definition) is 1. The van der Waals surface area contributed by atoms with Gasteiger partial charge in [-0.05, 0) is 42.9 Å². The molecule has 0 atom stereocenters. The Kier molecular flexibility index (Phi) is 4.38. The summed E-state index contributed by atoms with van der Waals surface area (Å²) in [5.41, 5.74) is 3.43. The molecule has 0 saturated heterocycles. The summed E-state index contributed by atoms with van der Waals surface area (Å²) in [6, 6.07) is 8.38. The quantitative estimate of drug-likeness (QED) is 0.760. The Balaban J connectivity index is 0.00000169. The Morgan fingerprint density at radius 1 is 1.12 bits per heavy atom. The van der Waals surface area contributed by atoms with E-state index >= 15 is 0 Å². The van der Waals surface area contributed by atoms with E-state index < -0.39 is 9.84 Å². The SMILES string of the molecule is CN1CCc2[nH]c3ccc(S(=O)(=O)c4ccncc4)cc3c2C1.Cl. The van der Waals surface area contributed by atoms with Gasteiger partial charge < -0.3 is 9.88 Å². The van der Waals surface area contributed by atoms with E-state index in [1.165, 1.54) is 35.8 Å². The minimum absolute atomic E-state index is 0. The van der Waals surface area contributed by atoms with Crippen LogP contribution in [0.3, 0.4) is 0 Å². The van der Waals surface area contributed by atoms with Gasteiger partial charge in [0, 0.05) is 48.5 Å². The molecule has 24 heavy (non-hydrogen) atoms. The molecule has 4 rings (SSSR count). The van der Waals surface area contributed by atoms with Crippen molar-refractivity contribution >= 4 is 33.1 Å². The lowest BCUT2D eigenvalue weighted by Crippen LogP contribution is -2.26. The Morgan fingerprint density at radius 2 is 1.88 bits per heavy atom. The van der Waals surface area contributed by atoms with Gasteiger partial charge in [0.1, 0.15) is 0 Å². The summed E-state index contributed by atoms with van der Waals surface area (Å²) in [6.07, 6.45) is 3.96. The van der Waals surface area contributed by atoms with Crippen LogP contribution in [0.15, 0.2) is 52.5 Å². The average molecular weight is 364 g/mol. The van der Waals surface area contributed by atoms with Crippen LogP contribution in [0.1, 0.15) is 11.3 Å². The van der Waals surface area contributed by atoms with Gasteiger partial charge in [-0.15, -0.1) is 12.4 Å². The van der Waals surface area contributed by atoms with E-state index in [4.69, 9.17) is 0 Å². The van der Waals surface area contributed by atoms with Crippen LogP contribution >= 0.6 is 12.4 Å². The van der Waals surface area contributed by atoms with Gasteiger partial charge in [0.2, 0.25) is 9.84 Å². The molecule has 1 aromatic carbocycles. The summed E-state index contributed by atoms with van der Waals surface area (Å²) in [7, 11) is -1.43. The third-order valence-corrected chi connectivity index (χ3v) is 6.18. The Bertz CT molecular complexity index is 984. The zero-order valence-corrected chi connectivity index (χ0v) is 14.8. The maximum Gasteiger partial charge on any atom is 0.206 e. The van der Waals surface area contributed by atoms with Crippen LogP contribution in [0.4, 0.5) is 0 Å². The van der Waals surface area contributed by atoms with Gasteiger partial charge in [-0.2, -0.15) is 0 Å². The van der Waals surface area contributed by atoms with Crippen molar-refractivity contribution in [2.75, 3.05) is 13.6 Å². The van der Waals surface area contributed by atoms with E-state index in [9.17, 15) is 8.42 Å². The number of fused-ring (bicyclic) bond motifs is 3. The summed E-state index contributed by atoms with van der Waals surface area (Å²) in [5.74, 6) is 0. The summed E-state index contributed by atoms with van der Waals surface area (Å²) < 4.78 is 25.6. The van der Waals surface area contributed by atoms with Crippen molar-refractivity contribution in [1.29, 1.82) is 0 Å². The van der Waals surface area contributed by atoms with Crippen molar-refractivity contribution in [1.82, 2.24) is 14.9 Å². The fourth-order valence-corrected chi connectivity index (χ4v) is 4.42. The molecule has 5 nitrogen and oxygen atoms in total. The summed E-state index contributed by atoms with van der Waals surface area (Å²) in [4.78, 5) is 10.2. The maximum absolute atomic E-state index is 12.8. The third-order valence-electron chi connectivity index (χ3n) is 4.41. The van der Waals surface area contributed by atoms with Crippen molar-refractivity contribution < 1.29 is 8.42 Å². The van der Waals surface area contributed by atoms with Gasteiger partial charge in [-0.25, -0.2) is 8.42 Å². The molecule has 3 heterocycles. The van der Waals surface area contributed by atoms with Crippen molar-refractivity contribution in [2.24, 2.45) is 0 Å². The molecule has 126 valence electrons. The van der Waals surface area contributed by atoms with Gasteiger partial charge in [-0.1, -0.05) is 0 Å². The molecule has 3 aromatic rings. The molecule has 1 N–H and O–H groups in total. The van der Waals surface area contributed by atoms with Crippen LogP contribution in [-0.4, -0.2) is 36.9 Å². The number of pyridine rings is 1. The van der Waals surface area contributed by atoms with Crippen LogP contribution in [0.25, 0.3) is 10.9 Å². The van der Waals surface area contributed by atoms with Crippen molar-refractivity contribution in [3.8, 4) is 0 Å². The second-order valence-corrected chi connectivity index (χ2v) is 7.91. The zero-order valence-electron chi connectivity index (χ0n) is 13.2. The summed E-state index contributed by atoms with van der Waals surface area (Å²) in [5, 5.41) is 1.00. The third kappa shape index (κ3) is 2.70. The average Bonchev–Trinajstić information content (AvgIpc) is 2.93. The molecule has 0 radical (unpaired) electrons. The number of aromatic nitrogens is 2. The van der Waals surface area contributed by atoms with Crippen molar-refractivity contribution in [3.05, 3.63) is 54.0 Å². The molecule has 0 amide bonds. The van der Waals surface area contributed by atoms with Crippen LogP contribution in [0.5, 0.6) is 0 Å². The number of benzene rings is 1. The molecule has 0 bridgehead atoms. The molecule has 0 spiro atoms. The maximum atomic E-state index is 12.8. The number of hydrogen-bond acceptors (Lipinski definition) is 4. The standard InChI is InChI=1S/C17H17N3O2S.ClH/c1-20-9-6-17-15(11-20)14-10-13(2-3-16(14)19-17)23(21,22)12-4-7-18-8-5-12;/h2-5,7-8,10,19H,6,9,11H2,1H3;1H. The first-order valence-electron chi connectivity index (χ1n) is 7.53. The van der Waals surface area contributed by atoms with Crippen LogP contribution in [-0.2, 0) is 22.8 Å². The zero-order chi connectivity index (χ0) is 16.0. The molecule has 0 aliphatic carbocycles. The molecule has 0 saturated carbocycles. The van der Waals surface area contributed by atoms with Crippen molar-refractivity contribution in [2.45, 2.75) is 22.8 Å². The number of aromatic amines is 1. The number of H-pyrrole nitrogens is 1. The highest BCUT2D eigenvalue weighted by molar-refractivity contribution is 7.91. The lowest BCUT2D eigenvalue weighted by atomic mass is 10.1. The number of nitrogens with zero attached hydrogens (tertiary/aromatic N) is 2. The van der Waals surface area contributed by atoms with Crippen molar-refractivity contribution in [3.63, 3.8) is 0 Å². The number of likely N-dealkylation sites (N-methyl/N-ethyl adjacent to an activating group) is 1. The van der Waals surface area contributed by atoms with E-state index in [0.29, 0.717) is 4.90 Å². The minimum atomic E-state index is -3.52. The highest BCUT2D eigenvalue weighted by atomic mass is 35.5. The van der Waals surface area contributed by atoms with Gasteiger partial charge in [-0.3, -0.25) is 4.98 Å². The van der Waals surface area contributed by atoms with Crippen LogP contribution in [0.2, 0.25) is 0 Å². The minimum Gasteiger partial charge on any atom is -0.358 e. The predicted octanol–water partition coefficient (Wildman–Crippen LogP) is 2.81. The van der Waals surface area contributed by atoms with Gasteiger partial charge in [0.25, 0.3) is 0 Å². The predicted molar refractivity (Wildman–Crippen MR) is 95.3 cm³/mol. The highest BCUT2D eigenvalue weighted by Crippen LogP contribution is 2.30. The Morgan fingerprint density at radius 3 is 2.62 bits per heavy atom. The molecule has 0 unspecified atom stereocenters. The second-order valence-electron chi connectivity index (χ2n) is 5.96. The fourth-order valence-electron chi connectivity index (χ4n) is 3.15. The van der Waals surface area contributed by atoms with E-state index in [0.717, 1.165) is 30.4 Å². The molecular weight excluding hydrogens is 346 g/mol. The summed E-state index contributed by atoms with van der Waals surface area (Å²) in [6.45, 7) is 1.86. The number of halogens is 1. The first kappa shape index (κ1) is 17.0. The van der Waals surface area contributed by atoms with E-state index in [1.807, 2.05) is 6.07 Å². The molecule has 0 fully saturated rings. The first-order valence-corrected chi connectivity index (χ1v) is 9.01. The van der Waals surface area contributed by atoms with Crippen LogP contribution < -0.4 is 0 Å². The largest absolute Gasteiger partial charge is 0.358 e. The molecule has 7 heteroatoms. The van der Waals surface area contributed by atoms with E-state index in [2.05, 4.69) is 21.9 Å². The number of nitrogens with one attached hydrogen (secondary N) is 1. The van der Waals surface area contributed by atoms with Gasteiger partial charge in [0.05, 0.1) is 9.79 Å². The Hall–Kier alpha value is -1.89. The topological polar surface area (TPSA) is 66.1 Å². The fraction of sp³-hybridized carbons (Fsp3) is 0.235. The van der Waals surface area contributed by atoms with E-state index in [1.54, 1.807) is 12.1 Å².